The zero-order valence-corrected chi connectivity index (χ0v) is 12.7. The fourth-order valence-electron chi connectivity index (χ4n) is 2.73. The summed E-state index contributed by atoms with van der Waals surface area (Å²) >= 11 is 0. The van der Waals surface area contributed by atoms with Gasteiger partial charge in [0, 0.05) is 32.2 Å². The van der Waals surface area contributed by atoms with Crippen LogP contribution in [-0.4, -0.2) is 67.8 Å². The van der Waals surface area contributed by atoms with E-state index in [1.807, 2.05) is 0 Å². The molecule has 20 heavy (non-hydrogen) atoms. The van der Waals surface area contributed by atoms with Crippen LogP contribution in [0.3, 0.4) is 0 Å². The molecule has 1 rings (SSSR count). The van der Waals surface area contributed by atoms with E-state index in [2.05, 4.69) is 24.1 Å². The Bertz CT molecular complexity index is 251. The van der Waals surface area contributed by atoms with Crippen molar-refractivity contribution in [2.45, 2.75) is 45.3 Å². The van der Waals surface area contributed by atoms with Crippen LogP contribution in [0.15, 0.2) is 0 Å². The van der Waals surface area contributed by atoms with Crippen LogP contribution in [0.25, 0.3) is 0 Å². The third kappa shape index (κ3) is 7.45. The van der Waals surface area contributed by atoms with Gasteiger partial charge in [0.05, 0.1) is 6.54 Å². The van der Waals surface area contributed by atoms with Crippen molar-refractivity contribution < 1.29 is 13.2 Å². The molecule has 1 atom stereocenters. The summed E-state index contributed by atoms with van der Waals surface area (Å²) < 4.78 is 36.8. The number of nitrogens with zero attached hydrogens (tertiary/aromatic N) is 2. The van der Waals surface area contributed by atoms with Crippen LogP contribution in [0.4, 0.5) is 13.2 Å². The second kappa shape index (κ2) is 8.85. The molecular formula is C14H28F3N3. The summed E-state index contributed by atoms with van der Waals surface area (Å²) in [5.41, 5.74) is 0. The lowest BCUT2D eigenvalue weighted by Crippen LogP contribution is -2.49. The van der Waals surface area contributed by atoms with Crippen molar-refractivity contribution in [3.8, 4) is 0 Å². The SMILES string of the molecule is CCNC(CC)CCCN1CCN(CC(F)(F)F)CC1. The first-order valence-electron chi connectivity index (χ1n) is 7.69. The highest BCUT2D eigenvalue weighted by molar-refractivity contribution is 4.74. The van der Waals surface area contributed by atoms with Crippen LogP contribution in [0.2, 0.25) is 0 Å². The van der Waals surface area contributed by atoms with Gasteiger partial charge in [0.15, 0.2) is 0 Å². The Hall–Kier alpha value is -0.330. The van der Waals surface area contributed by atoms with Crippen molar-refractivity contribution in [3.63, 3.8) is 0 Å². The molecule has 1 aliphatic rings. The number of hydrogen-bond donors (Lipinski definition) is 1. The molecule has 0 radical (unpaired) electrons. The minimum atomic E-state index is -4.07. The van der Waals surface area contributed by atoms with Gasteiger partial charge in [-0.25, -0.2) is 0 Å². The summed E-state index contributed by atoms with van der Waals surface area (Å²) in [5, 5.41) is 3.45. The average Bonchev–Trinajstić information content (AvgIpc) is 2.38. The molecule has 0 spiro atoms. The Morgan fingerprint density at radius 1 is 1.05 bits per heavy atom. The molecule has 6 heteroatoms. The fraction of sp³-hybridized carbons (Fsp3) is 1.00. The summed E-state index contributed by atoms with van der Waals surface area (Å²) in [5.74, 6) is 0. The quantitative estimate of drug-likeness (QED) is 0.741. The maximum Gasteiger partial charge on any atom is 0.401 e. The van der Waals surface area contributed by atoms with Crippen LogP contribution in [0, 0.1) is 0 Å². The van der Waals surface area contributed by atoms with E-state index in [0.29, 0.717) is 19.1 Å². The number of nitrogens with one attached hydrogen (secondary N) is 1. The van der Waals surface area contributed by atoms with Crippen molar-refractivity contribution in [3.05, 3.63) is 0 Å². The van der Waals surface area contributed by atoms with Gasteiger partial charge >= 0.3 is 6.18 Å². The Balaban J connectivity index is 2.13. The van der Waals surface area contributed by atoms with Crippen LogP contribution in [0.1, 0.15) is 33.1 Å². The molecule has 1 unspecified atom stereocenters. The van der Waals surface area contributed by atoms with Crippen molar-refractivity contribution >= 4 is 0 Å². The Morgan fingerprint density at radius 2 is 1.65 bits per heavy atom. The van der Waals surface area contributed by atoms with Gasteiger partial charge in [0.2, 0.25) is 0 Å². The zero-order chi connectivity index (χ0) is 15.0. The van der Waals surface area contributed by atoms with E-state index in [0.717, 1.165) is 45.4 Å². The summed E-state index contributed by atoms with van der Waals surface area (Å²) in [7, 11) is 0. The second-order valence-electron chi connectivity index (χ2n) is 5.54. The van der Waals surface area contributed by atoms with E-state index >= 15 is 0 Å². The van der Waals surface area contributed by atoms with Crippen LogP contribution in [-0.2, 0) is 0 Å². The summed E-state index contributed by atoms with van der Waals surface area (Å²) in [6.07, 6.45) is -0.673. The maximum atomic E-state index is 12.3. The molecule has 0 amide bonds. The molecule has 1 saturated heterocycles. The van der Waals surface area contributed by atoms with Crippen LogP contribution in [0.5, 0.6) is 0 Å². The monoisotopic (exact) mass is 295 g/mol. The van der Waals surface area contributed by atoms with E-state index in [1.165, 1.54) is 4.90 Å². The lowest BCUT2D eigenvalue weighted by atomic mass is 10.1. The van der Waals surface area contributed by atoms with E-state index in [4.69, 9.17) is 0 Å². The predicted molar refractivity (Wildman–Crippen MR) is 75.9 cm³/mol. The summed E-state index contributed by atoms with van der Waals surface area (Å²) in [6.45, 7) is 8.11. The molecule has 1 fully saturated rings. The molecule has 1 heterocycles. The highest BCUT2D eigenvalue weighted by atomic mass is 19.4. The molecule has 0 aromatic rings. The number of piperazine rings is 1. The van der Waals surface area contributed by atoms with E-state index < -0.39 is 12.7 Å². The summed E-state index contributed by atoms with van der Waals surface area (Å²) in [4.78, 5) is 3.79. The van der Waals surface area contributed by atoms with Gasteiger partial charge in [-0.15, -0.1) is 0 Å². The lowest BCUT2D eigenvalue weighted by molar-refractivity contribution is -0.149. The van der Waals surface area contributed by atoms with Gasteiger partial charge in [-0.1, -0.05) is 13.8 Å². The Kier molecular flexibility index (Phi) is 7.84. The minimum Gasteiger partial charge on any atom is -0.314 e. The minimum absolute atomic E-state index is 0.532. The van der Waals surface area contributed by atoms with Gasteiger partial charge in [0.25, 0.3) is 0 Å². The van der Waals surface area contributed by atoms with Gasteiger partial charge in [0.1, 0.15) is 0 Å². The normalized spacial score (nSPS) is 20.2. The van der Waals surface area contributed by atoms with Gasteiger partial charge in [-0.3, -0.25) is 4.90 Å². The van der Waals surface area contributed by atoms with E-state index in [-0.39, 0.29) is 0 Å². The Labute approximate surface area is 120 Å². The van der Waals surface area contributed by atoms with Crippen molar-refractivity contribution in [2.24, 2.45) is 0 Å². The number of hydrogen-bond acceptors (Lipinski definition) is 3. The lowest BCUT2D eigenvalue weighted by Gasteiger charge is -2.35. The van der Waals surface area contributed by atoms with E-state index in [1.54, 1.807) is 0 Å². The predicted octanol–water partition coefficient (Wildman–Crippen LogP) is 2.33. The second-order valence-corrected chi connectivity index (χ2v) is 5.54. The van der Waals surface area contributed by atoms with Crippen molar-refractivity contribution in [2.75, 3.05) is 45.8 Å². The molecular weight excluding hydrogens is 267 g/mol. The zero-order valence-electron chi connectivity index (χ0n) is 12.7. The first kappa shape index (κ1) is 17.7. The van der Waals surface area contributed by atoms with Gasteiger partial charge in [-0.2, -0.15) is 13.2 Å². The maximum absolute atomic E-state index is 12.3. The third-order valence-electron chi connectivity index (χ3n) is 3.88. The van der Waals surface area contributed by atoms with Crippen LogP contribution >= 0.6 is 0 Å². The largest absolute Gasteiger partial charge is 0.401 e. The smallest absolute Gasteiger partial charge is 0.314 e. The Morgan fingerprint density at radius 3 is 2.15 bits per heavy atom. The molecule has 1 aliphatic heterocycles. The topological polar surface area (TPSA) is 18.5 Å². The third-order valence-corrected chi connectivity index (χ3v) is 3.88. The molecule has 120 valence electrons. The highest BCUT2D eigenvalue weighted by Crippen LogP contribution is 2.17. The summed E-state index contributed by atoms with van der Waals surface area (Å²) in [6, 6.07) is 0.575. The van der Waals surface area contributed by atoms with Gasteiger partial charge < -0.3 is 10.2 Å². The highest BCUT2D eigenvalue weighted by Gasteiger charge is 2.31. The van der Waals surface area contributed by atoms with Crippen molar-refractivity contribution in [1.29, 1.82) is 0 Å². The molecule has 0 aromatic carbocycles. The molecule has 0 aromatic heterocycles. The number of rotatable bonds is 8. The molecule has 0 saturated carbocycles. The molecule has 0 bridgehead atoms. The first-order valence-corrected chi connectivity index (χ1v) is 7.69. The van der Waals surface area contributed by atoms with E-state index in [9.17, 15) is 13.2 Å². The standard InChI is InChI=1S/C14H28F3N3/c1-3-13(18-4-2)6-5-7-19-8-10-20(11-9-19)12-14(15,16)17/h13,18H,3-12H2,1-2H3. The number of halogens is 3. The number of alkyl halides is 3. The fourth-order valence-corrected chi connectivity index (χ4v) is 2.73. The van der Waals surface area contributed by atoms with Gasteiger partial charge in [-0.05, 0) is 32.4 Å². The molecule has 1 N–H and O–H groups in total. The molecule has 3 nitrogen and oxygen atoms in total. The van der Waals surface area contributed by atoms with Crippen LogP contribution < -0.4 is 5.32 Å². The van der Waals surface area contributed by atoms with Crippen molar-refractivity contribution in [1.82, 2.24) is 15.1 Å². The molecule has 0 aliphatic carbocycles. The first-order chi connectivity index (χ1) is 9.44. The average molecular weight is 295 g/mol.